The molecule has 4 heteroatoms. The van der Waals surface area contributed by atoms with Crippen LogP contribution in [0.1, 0.15) is 50.8 Å². The van der Waals surface area contributed by atoms with Gasteiger partial charge in [-0.15, -0.1) is 10.2 Å². The van der Waals surface area contributed by atoms with Gasteiger partial charge in [-0.3, -0.25) is 0 Å². The molecule has 1 N–H and O–H groups in total. The molecule has 0 radical (unpaired) electrons. The molecule has 1 heterocycles. The van der Waals surface area contributed by atoms with E-state index in [-0.39, 0.29) is 0 Å². The van der Waals surface area contributed by atoms with Gasteiger partial charge in [0.25, 0.3) is 0 Å². The summed E-state index contributed by atoms with van der Waals surface area (Å²) in [7, 11) is 1.95. The highest BCUT2D eigenvalue weighted by Crippen LogP contribution is 2.19. The van der Waals surface area contributed by atoms with Crippen LogP contribution in [0.25, 0.3) is 0 Å². The van der Waals surface area contributed by atoms with E-state index in [1.54, 1.807) is 0 Å². The summed E-state index contributed by atoms with van der Waals surface area (Å²) in [6, 6.07) is 0. The molecule has 1 aromatic rings. The van der Waals surface area contributed by atoms with Crippen molar-refractivity contribution in [2.24, 2.45) is 0 Å². The normalized spacial score (nSPS) is 13.0. The summed E-state index contributed by atoms with van der Waals surface area (Å²) in [5.41, 5.74) is 0. The number of aryl methyl sites for hydroxylation is 1. The average Bonchev–Trinajstić information content (AvgIpc) is 2.67. The Morgan fingerprint density at radius 3 is 2.87 bits per heavy atom. The van der Waals surface area contributed by atoms with Crippen molar-refractivity contribution >= 4 is 0 Å². The minimum absolute atomic E-state index is 0.389. The molecule has 0 aliphatic rings. The maximum absolute atomic E-state index is 5.59. The van der Waals surface area contributed by atoms with Gasteiger partial charge in [0.15, 0.2) is 0 Å². The van der Waals surface area contributed by atoms with E-state index >= 15 is 0 Å². The summed E-state index contributed by atoms with van der Waals surface area (Å²) >= 11 is 0. The fourth-order valence-electron chi connectivity index (χ4n) is 1.54. The fourth-order valence-corrected chi connectivity index (χ4v) is 1.54. The SMILES string of the molecule is CCCC(C)c1nnc(CCCNC)o1. The van der Waals surface area contributed by atoms with Crippen LogP contribution in [0.2, 0.25) is 0 Å². The van der Waals surface area contributed by atoms with Gasteiger partial charge < -0.3 is 9.73 Å². The second kappa shape index (κ2) is 6.56. The number of nitrogens with zero attached hydrogens (tertiary/aromatic N) is 2. The summed E-state index contributed by atoms with van der Waals surface area (Å²) < 4.78 is 5.59. The molecule has 0 spiro atoms. The summed E-state index contributed by atoms with van der Waals surface area (Å²) in [5.74, 6) is 1.94. The van der Waals surface area contributed by atoms with Crippen molar-refractivity contribution in [2.75, 3.05) is 13.6 Å². The lowest BCUT2D eigenvalue weighted by Gasteiger charge is -2.02. The Morgan fingerprint density at radius 1 is 1.40 bits per heavy atom. The summed E-state index contributed by atoms with van der Waals surface area (Å²) in [6.07, 6.45) is 4.17. The van der Waals surface area contributed by atoms with Crippen LogP contribution in [-0.2, 0) is 6.42 Å². The first kappa shape index (κ1) is 12.2. The van der Waals surface area contributed by atoms with E-state index in [1.807, 2.05) is 7.05 Å². The average molecular weight is 211 g/mol. The van der Waals surface area contributed by atoms with Gasteiger partial charge in [-0.1, -0.05) is 20.3 Å². The Morgan fingerprint density at radius 2 is 2.20 bits per heavy atom. The summed E-state index contributed by atoms with van der Waals surface area (Å²) in [4.78, 5) is 0. The second-order valence-corrected chi connectivity index (χ2v) is 3.93. The molecule has 1 unspecified atom stereocenters. The number of nitrogens with one attached hydrogen (secondary N) is 1. The van der Waals surface area contributed by atoms with Crippen LogP contribution in [0.5, 0.6) is 0 Å². The molecule has 1 atom stereocenters. The zero-order chi connectivity index (χ0) is 11.1. The van der Waals surface area contributed by atoms with Crippen LogP contribution >= 0.6 is 0 Å². The lowest BCUT2D eigenvalue weighted by molar-refractivity contribution is 0.409. The Hall–Kier alpha value is -0.900. The van der Waals surface area contributed by atoms with Crippen LogP contribution in [0, 0.1) is 0 Å². The van der Waals surface area contributed by atoms with E-state index in [0.717, 1.165) is 44.0 Å². The first-order valence-corrected chi connectivity index (χ1v) is 5.74. The molecule has 0 amide bonds. The largest absolute Gasteiger partial charge is 0.425 e. The molecule has 1 aromatic heterocycles. The fraction of sp³-hybridized carbons (Fsp3) is 0.818. The molecule has 0 aromatic carbocycles. The number of rotatable bonds is 7. The molecule has 0 aliphatic heterocycles. The highest BCUT2D eigenvalue weighted by molar-refractivity contribution is 4.89. The molecular formula is C11H21N3O. The molecule has 4 nitrogen and oxygen atoms in total. The lowest BCUT2D eigenvalue weighted by atomic mass is 10.1. The predicted molar refractivity (Wildman–Crippen MR) is 59.9 cm³/mol. The third kappa shape index (κ3) is 4.00. The Kier molecular flexibility index (Phi) is 5.32. The smallest absolute Gasteiger partial charge is 0.219 e. The minimum atomic E-state index is 0.389. The van der Waals surface area contributed by atoms with E-state index in [9.17, 15) is 0 Å². The van der Waals surface area contributed by atoms with Crippen molar-refractivity contribution in [2.45, 2.75) is 45.4 Å². The van der Waals surface area contributed by atoms with E-state index in [4.69, 9.17) is 4.42 Å². The molecule has 0 fully saturated rings. The van der Waals surface area contributed by atoms with Crippen molar-refractivity contribution < 1.29 is 4.42 Å². The first-order valence-electron chi connectivity index (χ1n) is 5.74. The molecular weight excluding hydrogens is 190 g/mol. The van der Waals surface area contributed by atoms with Crippen molar-refractivity contribution in [1.82, 2.24) is 15.5 Å². The van der Waals surface area contributed by atoms with Crippen molar-refractivity contribution in [3.05, 3.63) is 11.8 Å². The van der Waals surface area contributed by atoms with Crippen LogP contribution < -0.4 is 5.32 Å². The Labute approximate surface area is 91.5 Å². The molecule has 15 heavy (non-hydrogen) atoms. The van der Waals surface area contributed by atoms with Crippen molar-refractivity contribution in [3.8, 4) is 0 Å². The van der Waals surface area contributed by atoms with Crippen molar-refractivity contribution in [3.63, 3.8) is 0 Å². The van der Waals surface area contributed by atoms with Crippen LogP contribution in [-0.4, -0.2) is 23.8 Å². The van der Waals surface area contributed by atoms with Gasteiger partial charge in [0.2, 0.25) is 11.8 Å². The number of aromatic nitrogens is 2. The van der Waals surface area contributed by atoms with Gasteiger partial charge in [0.1, 0.15) is 0 Å². The standard InChI is InChI=1S/C11H21N3O/c1-4-6-9(2)11-14-13-10(15-11)7-5-8-12-3/h9,12H,4-8H2,1-3H3. The molecule has 0 aliphatic carbocycles. The van der Waals surface area contributed by atoms with Crippen LogP contribution in [0.3, 0.4) is 0 Å². The van der Waals surface area contributed by atoms with Crippen LogP contribution in [0.4, 0.5) is 0 Å². The topological polar surface area (TPSA) is 51.0 Å². The highest BCUT2D eigenvalue weighted by atomic mass is 16.4. The third-order valence-corrected chi connectivity index (χ3v) is 2.44. The quantitative estimate of drug-likeness (QED) is 0.702. The third-order valence-electron chi connectivity index (χ3n) is 2.44. The maximum atomic E-state index is 5.59. The molecule has 0 saturated heterocycles. The molecule has 1 rings (SSSR count). The highest BCUT2D eigenvalue weighted by Gasteiger charge is 2.12. The predicted octanol–water partition coefficient (Wildman–Crippen LogP) is 2.13. The van der Waals surface area contributed by atoms with Gasteiger partial charge in [-0.2, -0.15) is 0 Å². The van der Waals surface area contributed by atoms with Crippen LogP contribution in [0.15, 0.2) is 4.42 Å². The second-order valence-electron chi connectivity index (χ2n) is 3.93. The zero-order valence-corrected chi connectivity index (χ0v) is 9.92. The zero-order valence-electron chi connectivity index (χ0n) is 9.92. The van der Waals surface area contributed by atoms with Gasteiger partial charge in [0.05, 0.1) is 0 Å². The monoisotopic (exact) mass is 211 g/mol. The maximum Gasteiger partial charge on any atom is 0.219 e. The van der Waals surface area contributed by atoms with Gasteiger partial charge >= 0.3 is 0 Å². The van der Waals surface area contributed by atoms with E-state index in [0.29, 0.717) is 5.92 Å². The summed E-state index contributed by atoms with van der Waals surface area (Å²) in [5, 5.41) is 11.2. The molecule has 0 bridgehead atoms. The van der Waals surface area contributed by atoms with E-state index in [1.165, 1.54) is 0 Å². The first-order chi connectivity index (χ1) is 7.27. The van der Waals surface area contributed by atoms with E-state index in [2.05, 4.69) is 29.4 Å². The summed E-state index contributed by atoms with van der Waals surface area (Å²) in [6.45, 7) is 5.29. The van der Waals surface area contributed by atoms with Gasteiger partial charge in [0, 0.05) is 12.3 Å². The van der Waals surface area contributed by atoms with Crippen molar-refractivity contribution in [1.29, 1.82) is 0 Å². The lowest BCUT2D eigenvalue weighted by Crippen LogP contribution is -2.08. The van der Waals surface area contributed by atoms with E-state index < -0.39 is 0 Å². The van der Waals surface area contributed by atoms with Gasteiger partial charge in [-0.25, -0.2) is 0 Å². The molecule has 86 valence electrons. The number of hydrogen-bond acceptors (Lipinski definition) is 4. The Balaban J connectivity index is 2.41. The van der Waals surface area contributed by atoms with Gasteiger partial charge in [-0.05, 0) is 26.4 Å². The Bertz CT molecular complexity index is 273. The number of hydrogen-bond donors (Lipinski definition) is 1. The minimum Gasteiger partial charge on any atom is -0.425 e. The molecule has 0 saturated carbocycles.